The molecule has 0 aliphatic carbocycles. The van der Waals surface area contributed by atoms with Gasteiger partial charge in [0.25, 0.3) is 0 Å². The van der Waals surface area contributed by atoms with E-state index in [1.807, 2.05) is 30.0 Å². The molecule has 2 aromatic rings. The first-order chi connectivity index (χ1) is 9.36. The van der Waals surface area contributed by atoms with E-state index in [0.717, 1.165) is 50.1 Å². The molecule has 1 aliphatic heterocycles. The number of rotatable bonds is 4. The Balaban J connectivity index is 1.58. The fourth-order valence-electron chi connectivity index (χ4n) is 2.69. The lowest BCUT2D eigenvalue weighted by atomic mass is 10.1. The molecule has 0 amide bonds. The minimum absolute atomic E-state index is 0.448. The number of piperidine rings is 1. The van der Waals surface area contributed by atoms with E-state index in [-0.39, 0.29) is 0 Å². The van der Waals surface area contributed by atoms with Crippen LogP contribution in [0.15, 0.2) is 24.3 Å². The second kappa shape index (κ2) is 5.67. The SMILES string of the molecule is COC1CCN(CCn2nnc3ccccc32)CC1. The molecule has 1 aromatic heterocycles. The largest absolute Gasteiger partial charge is 0.381 e. The number of hydrogen-bond donors (Lipinski definition) is 0. The second-order valence-corrected chi connectivity index (χ2v) is 5.08. The highest BCUT2D eigenvalue weighted by atomic mass is 16.5. The lowest BCUT2D eigenvalue weighted by Crippen LogP contribution is -2.38. The van der Waals surface area contributed by atoms with Crippen LogP contribution in [0.1, 0.15) is 12.8 Å². The molecule has 1 aromatic carbocycles. The predicted octanol–water partition coefficient (Wildman–Crippen LogP) is 1.54. The summed E-state index contributed by atoms with van der Waals surface area (Å²) in [6.45, 7) is 4.16. The maximum atomic E-state index is 5.39. The summed E-state index contributed by atoms with van der Waals surface area (Å²) in [5, 5.41) is 8.41. The van der Waals surface area contributed by atoms with Gasteiger partial charge < -0.3 is 9.64 Å². The van der Waals surface area contributed by atoms with Gasteiger partial charge in [-0.1, -0.05) is 17.3 Å². The van der Waals surface area contributed by atoms with E-state index < -0.39 is 0 Å². The van der Waals surface area contributed by atoms with Crippen molar-refractivity contribution >= 4 is 11.0 Å². The predicted molar refractivity (Wildman–Crippen MR) is 74.0 cm³/mol. The zero-order valence-electron chi connectivity index (χ0n) is 11.3. The summed E-state index contributed by atoms with van der Waals surface area (Å²) in [6.07, 6.45) is 2.71. The molecule has 1 saturated heterocycles. The van der Waals surface area contributed by atoms with Crippen molar-refractivity contribution in [1.29, 1.82) is 0 Å². The molecule has 19 heavy (non-hydrogen) atoms. The maximum Gasteiger partial charge on any atom is 0.113 e. The van der Waals surface area contributed by atoms with Crippen LogP contribution in [0.25, 0.3) is 11.0 Å². The van der Waals surface area contributed by atoms with Crippen LogP contribution in [-0.2, 0) is 11.3 Å². The molecule has 102 valence electrons. The lowest BCUT2D eigenvalue weighted by Gasteiger charge is -2.30. The van der Waals surface area contributed by atoms with Crippen molar-refractivity contribution < 1.29 is 4.74 Å². The Hall–Kier alpha value is -1.46. The van der Waals surface area contributed by atoms with Gasteiger partial charge in [-0.25, -0.2) is 4.68 Å². The molecule has 0 atom stereocenters. The third-order valence-corrected chi connectivity index (χ3v) is 3.92. The van der Waals surface area contributed by atoms with Crippen LogP contribution in [0.2, 0.25) is 0 Å². The highest BCUT2D eigenvalue weighted by Crippen LogP contribution is 2.14. The molecule has 0 radical (unpaired) electrons. The van der Waals surface area contributed by atoms with Gasteiger partial charge in [0.1, 0.15) is 5.52 Å². The molecule has 1 fully saturated rings. The maximum absolute atomic E-state index is 5.39. The normalized spacial score (nSPS) is 18.2. The summed E-state index contributed by atoms with van der Waals surface area (Å²) >= 11 is 0. The van der Waals surface area contributed by atoms with E-state index in [0.29, 0.717) is 6.10 Å². The average Bonchev–Trinajstić information content (AvgIpc) is 2.89. The van der Waals surface area contributed by atoms with Crippen molar-refractivity contribution in [3.05, 3.63) is 24.3 Å². The molecule has 0 unspecified atom stereocenters. The zero-order chi connectivity index (χ0) is 13.1. The van der Waals surface area contributed by atoms with Gasteiger partial charge in [-0.3, -0.25) is 0 Å². The fourth-order valence-corrected chi connectivity index (χ4v) is 2.69. The Morgan fingerprint density at radius 1 is 1.21 bits per heavy atom. The Kier molecular flexibility index (Phi) is 3.75. The van der Waals surface area contributed by atoms with E-state index in [2.05, 4.69) is 21.3 Å². The van der Waals surface area contributed by atoms with Gasteiger partial charge in [-0.2, -0.15) is 0 Å². The summed E-state index contributed by atoms with van der Waals surface area (Å²) in [4.78, 5) is 2.48. The van der Waals surface area contributed by atoms with E-state index >= 15 is 0 Å². The van der Waals surface area contributed by atoms with E-state index in [9.17, 15) is 0 Å². The number of likely N-dealkylation sites (tertiary alicyclic amines) is 1. The first-order valence-electron chi connectivity index (χ1n) is 6.90. The molecule has 5 heteroatoms. The first-order valence-corrected chi connectivity index (χ1v) is 6.90. The standard InChI is InChI=1S/C14H20N4O/c1-19-12-6-8-17(9-7-12)10-11-18-14-5-3-2-4-13(14)15-16-18/h2-5,12H,6-11H2,1H3. The van der Waals surface area contributed by atoms with Crippen molar-refractivity contribution in [1.82, 2.24) is 19.9 Å². The second-order valence-electron chi connectivity index (χ2n) is 5.08. The van der Waals surface area contributed by atoms with Gasteiger partial charge >= 0.3 is 0 Å². The van der Waals surface area contributed by atoms with Crippen molar-refractivity contribution in [2.24, 2.45) is 0 Å². The van der Waals surface area contributed by atoms with E-state index in [1.54, 1.807) is 0 Å². The minimum atomic E-state index is 0.448. The first kappa shape index (κ1) is 12.6. The van der Waals surface area contributed by atoms with Crippen LogP contribution in [0.5, 0.6) is 0 Å². The van der Waals surface area contributed by atoms with Crippen molar-refractivity contribution in [3.8, 4) is 0 Å². The zero-order valence-corrected chi connectivity index (χ0v) is 11.3. The minimum Gasteiger partial charge on any atom is -0.381 e. The summed E-state index contributed by atoms with van der Waals surface area (Å²) in [5.41, 5.74) is 2.09. The van der Waals surface area contributed by atoms with Crippen LogP contribution < -0.4 is 0 Å². The van der Waals surface area contributed by atoms with Gasteiger partial charge in [0.05, 0.1) is 18.2 Å². The molecule has 1 aliphatic rings. The van der Waals surface area contributed by atoms with Crippen molar-refractivity contribution in [2.75, 3.05) is 26.7 Å². The van der Waals surface area contributed by atoms with Crippen LogP contribution >= 0.6 is 0 Å². The number of aromatic nitrogens is 3. The smallest absolute Gasteiger partial charge is 0.113 e. The summed E-state index contributed by atoms with van der Waals surface area (Å²) in [5.74, 6) is 0. The van der Waals surface area contributed by atoms with Crippen LogP contribution in [-0.4, -0.2) is 52.7 Å². The van der Waals surface area contributed by atoms with Gasteiger partial charge in [-0.05, 0) is 25.0 Å². The number of hydrogen-bond acceptors (Lipinski definition) is 4. The highest BCUT2D eigenvalue weighted by molar-refractivity contribution is 5.73. The number of methoxy groups -OCH3 is 1. The molecule has 0 N–H and O–H groups in total. The number of benzene rings is 1. The average molecular weight is 260 g/mol. The van der Waals surface area contributed by atoms with Crippen molar-refractivity contribution in [3.63, 3.8) is 0 Å². The molecule has 3 rings (SSSR count). The number of nitrogens with zero attached hydrogens (tertiary/aromatic N) is 4. The molecular weight excluding hydrogens is 240 g/mol. The van der Waals surface area contributed by atoms with Gasteiger partial charge in [-0.15, -0.1) is 5.10 Å². The summed E-state index contributed by atoms with van der Waals surface area (Å²) in [7, 11) is 1.81. The van der Waals surface area contributed by atoms with Crippen LogP contribution in [0, 0.1) is 0 Å². The third-order valence-electron chi connectivity index (χ3n) is 3.92. The molecule has 0 spiro atoms. The van der Waals surface area contributed by atoms with Gasteiger partial charge in [0.2, 0.25) is 0 Å². The lowest BCUT2D eigenvalue weighted by molar-refractivity contribution is 0.0400. The Morgan fingerprint density at radius 3 is 2.79 bits per heavy atom. The topological polar surface area (TPSA) is 43.2 Å². The Morgan fingerprint density at radius 2 is 2.00 bits per heavy atom. The summed E-state index contributed by atoms with van der Waals surface area (Å²) in [6, 6.07) is 8.11. The quantitative estimate of drug-likeness (QED) is 0.836. The highest BCUT2D eigenvalue weighted by Gasteiger charge is 2.18. The Bertz CT molecular complexity index is 531. The molecule has 0 bridgehead atoms. The van der Waals surface area contributed by atoms with Crippen molar-refractivity contribution in [2.45, 2.75) is 25.5 Å². The third kappa shape index (κ3) is 2.77. The Labute approximate surface area is 113 Å². The number of fused-ring (bicyclic) bond motifs is 1. The molecular formula is C14H20N4O. The monoisotopic (exact) mass is 260 g/mol. The van der Waals surface area contributed by atoms with Crippen LogP contribution in [0.3, 0.4) is 0 Å². The van der Waals surface area contributed by atoms with Gasteiger partial charge in [0, 0.05) is 26.7 Å². The summed E-state index contributed by atoms with van der Waals surface area (Å²) < 4.78 is 7.39. The molecule has 2 heterocycles. The number of para-hydroxylation sites is 1. The number of ether oxygens (including phenoxy) is 1. The van der Waals surface area contributed by atoms with E-state index in [1.165, 1.54) is 0 Å². The molecule has 5 nitrogen and oxygen atoms in total. The fraction of sp³-hybridized carbons (Fsp3) is 0.571. The van der Waals surface area contributed by atoms with Gasteiger partial charge in [0.15, 0.2) is 0 Å². The van der Waals surface area contributed by atoms with E-state index in [4.69, 9.17) is 4.74 Å². The van der Waals surface area contributed by atoms with Crippen LogP contribution in [0.4, 0.5) is 0 Å². The molecule has 0 saturated carbocycles.